The maximum atomic E-state index is 11.9. The number of nitrogens with one attached hydrogen (secondary N) is 1. The molecule has 0 aliphatic carbocycles. The van der Waals surface area contributed by atoms with E-state index in [1.807, 2.05) is 18.2 Å². The fourth-order valence-electron chi connectivity index (χ4n) is 2.71. The second-order valence-electron chi connectivity index (χ2n) is 6.02. The zero-order valence-electron chi connectivity index (χ0n) is 12.4. The van der Waals surface area contributed by atoms with Gasteiger partial charge in [-0.1, -0.05) is 19.9 Å². The Morgan fingerprint density at radius 1 is 1.50 bits per heavy atom. The Kier molecular flexibility index (Phi) is 5.01. The van der Waals surface area contributed by atoms with E-state index in [4.69, 9.17) is 5.73 Å². The van der Waals surface area contributed by atoms with Crippen molar-refractivity contribution >= 4 is 17.3 Å². The van der Waals surface area contributed by atoms with Crippen molar-refractivity contribution < 1.29 is 4.79 Å². The molecule has 110 valence electrons. The Labute approximate surface area is 121 Å². The highest BCUT2D eigenvalue weighted by atomic mass is 16.1. The zero-order chi connectivity index (χ0) is 14.5. The molecule has 1 atom stereocenters. The first-order valence-electron chi connectivity index (χ1n) is 7.42. The van der Waals surface area contributed by atoms with Gasteiger partial charge in [0.1, 0.15) is 0 Å². The van der Waals surface area contributed by atoms with Crippen molar-refractivity contribution in [2.75, 3.05) is 30.7 Å². The molecular formula is C16H25N3O. The second-order valence-corrected chi connectivity index (χ2v) is 6.02. The van der Waals surface area contributed by atoms with Gasteiger partial charge in [0.05, 0.1) is 0 Å². The highest BCUT2D eigenvalue weighted by molar-refractivity contribution is 5.91. The van der Waals surface area contributed by atoms with Crippen molar-refractivity contribution in [3.05, 3.63) is 24.3 Å². The summed E-state index contributed by atoms with van der Waals surface area (Å²) in [5, 5.41) is 2.90. The summed E-state index contributed by atoms with van der Waals surface area (Å²) in [5.41, 5.74) is 7.14. The van der Waals surface area contributed by atoms with Crippen LogP contribution in [0.15, 0.2) is 24.3 Å². The van der Waals surface area contributed by atoms with Crippen LogP contribution in [0.25, 0.3) is 0 Å². The number of rotatable bonds is 5. The van der Waals surface area contributed by atoms with Gasteiger partial charge < -0.3 is 16.0 Å². The van der Waals surface area contributed by atoms with Gasteiger partial charge in [-0.25, -0.2) is 0 Å². The van der Waals surface area contributed by atoms with Gasteiger partial charge in [0.2, 0.25) is 5.91 Å². The summed E-state index contributed by atoms with van der Waals surface area (Å²) >= 11 is 0. The van der Waals surface area contributed by atoms with Crippen LogP contribution in [0.4, 0.5) is 11.4 Å². The van der Waals surface area contributed by atoms with Crippen LogP contribution in [0.1, 0.15) is 26.7 Å². The monoisotopic (exact) mass is 275 g/mol. The fourth-order valence-corrected chi connectivity index (χ4v) is 2.71. The van der Waals surface area contributed by atoms with E-state index in [1.165, 1.54) is 6.42 Å². The number of carbonyl (C=O) groups excluding carboxylic acids is 1. The van der Waals surface area contributed by atoms with E-state index >= 15 is 0 Å². The standard InChI is InChI=1S/C16H25N3O/c1-12(2)13-6-8-19(11-13)9-7-16(20)18-15-5-3-4-14(17)10-15/h3-5,10,12-13H,6-9,11,17H2,1-2H3,(H,18,20). The van der Waals surface area contributed by atoms with Gasteiger partial charge >= 0.3 is 0 Å². The number of likely N-dealkylation sites (tertiary alicyclic amines) is 1. The predicted octanol–water partition coefficient (Wildman–Crippen LogP) is 2.58. The van der Waals surface area contributed by atoms with E-state index < -0.39 is 0 Å². The lowest BCUT2D eigenvalue weighted by Crippen LogP contribution is -2.26. The molecule has 0 radical (unpaired) electrons. The number of hydrogen-bond acceptors (Lipinski definition) is 3. The minimum absolute atomic E-state index is 0.0589. The number of amides is 1. The number of nitrogens with two attached hydrogens (primary N) is 1. The van der Waals surface area contributed by atoms with E-state index in [9.17, 15) is 4.79 Å². The quantitative estimate of drug-likeness (QED) is 0.812. The van der Waals surface area contributed by atoms with Crippen molar-refractivity contribution in [3.63, 3.8) is 0 Å². The highest BCUT2D eigenvalue weighted by Gasteiger charge is 2.24. The van der Waals surface area contributed by atoms with Crippen LogP contribution in [0, 0.1) is 11.8 Å². The number of nitrogens with zero attached hydrogens (tertiary/aromatic N) is 1. The number of benzene rings is 1. The van der Waals surface area contributed by atoms with Crippen molar-refractivity contribution in [1.82, 2.24) is 4.90 Å². The third-order valence-corrected chi connectivity index (χ3v) is 4.08. The molecule has 4 heteroatoms. The van der Waals surface area contributed by atoms with Crippen LogP contribution in [-0.2, 0) is 4.79 Å². The SMILES string of the molecule is CC(C)C1CCN(CCC(=O)Nc2cccc(N)c2)C1. The van der Waals surface area contributed by atoms with Crippen molar-refractivity contribution in [2.45, 2.75) is 26.7 Å². The maximum Gasteiger partial charge on any atom is 0.225 e. The number of anilines is 2. The van der Waals surface area contributed by atoms with Gasteiger partial charge in [-0.05, 0) is 43.0 Å². The summed E-state index contributed by atoms with van der Waals surface area (Å²) in [5.74, 6) is 1.58. The lowest BCUT2D eigenvalue weighted by Gasteiger charge is -2.17. The molecule has 4 nitrogen and oxygen atoms in total. The topological polar surface area (TPSA) is 58.4 Å². The molecule has 1 heterocycles. The molecule has 0 spiro atoms. The van der Waals surface area contributed by atoms with Crippen LogP contribution in [-0.4, -0.2) is 30.4 Å². The van der Waals surface area contributed by atoms with E-state index in [0.717, 1.165) is 37.2 Å². The lowest BCUT2D eigenvalue weighted by atomic mass is 9.95. The van der Waals surface area contributed by atoms with Crippen LogP contribution in [0.3, 0.4) is 0 Å². The molecule has 1 aliphatic rings. The van der Waals surface area contributed by atoms with Gasteiger partial charge in [0, 0.05) is 30.9 Å². The summed E-state index contributed by atoms with van der Waals surface area (Å²) in [6.07, 6.45) is 1.80. The summed E-state index contributed by atoms with van der Waals surface area (Å²) in [6, 6.07) is 7.30. The van der Waals surface area contributed by atoms with Crippen molar-refractivity contribution in [2.24, 2.45) is 11.8 Å². The molecule has 1 aromatic rings. The molecule has 3 N–H and O–H groups in total. The van der Waals surface area contributed by atoms with Crippen LogP contribution in [0.2, 0.25) is 0 Å². The summed E-state index contributed by atoms with van der Waals surface area (Å²) < 4.78 is 0. The first-order chi connectivity index (χ1) is 9.54. The Morgan fingerprint density at radius 3 is 2.95 bits per heavy atom. The smallest absolute Gasteiger partial charge is 0.225 e. The first kappa shape index (κ1) is 14.9. The predicted molar refractivity (Wildman–Crippen MR) is 83.5 cm³/mol. The molecule has 1 saturated heterocycles. The normalized spacial score (nSPS) is 19.4. The second kappa shape index (κ2) is 6.75. The van der Waals surface area contributed by atoms with E-state index in [1.54, 1.807) is 6.07 Å². The summed E-state index contributed by atoms with van der Waals surface area (Å²) in [6.45, 7) is 7.65. The lowest BCUT2D eigenvalue weighted by molar-refractivity contribution is -0.116. The molecule has 0 bridgehead atoms. The number of nitrogen functional groups attached to an aromatic ring is 1. The van der Waals surface area contributed by atoms with Gasteiger partial charge in [-0.2, -0.15) is 0 Å². The van der Waals surface area contributed by atoms with Crippen LogP contribution >= 0.6 is 0 Å². The molecule has 1 amide bonds. The fraction of sp³-hybridized carbons (Fsp3) is 0.562. The van der Waals surface area contributed by atoms with Gasteiger partial charge in [-0.15, -0.1) is 0 Å². The summed E-state index contributed by atoms with van der Waals surface area (Å²) in [4.78, 5) is 14.3. The zero-order valence-corrected chi connectivity index (χ0v) is 12.4. The highest BCUT2D eigenvalue weighted by Crippen LogP contribution is 2.23. The Bertz CT molecular complexity index is 459. The molecular weight excluding hydrogens is 250 g/mol. The molecule has 1 fully saturated rings. The Balaban J connectivity index is 1.73. The Hall–Kier alpha value is -1.55. The molecule has 1 aromatic carbocycles. The molecule has 2 rings (SSSR count). The van der Waals surface area contributed by atoms with Crippen LogP contribution < -0.4 is 11.1 Å². The third kappa shape index (κ3) is 4.23. The summed E-state index contributed by atoms with van der Waals surface area (Å²) in [7, 11) is 0. The van der Waals surface area contributed by atoms with E-state index in [2.05, 4.69) is 24.1 Å². The van der Waals surface area contributed by atoms with E-state index in [-0.39, 0.29) is 5.91 Å². The van der Waals surface area contributed by atoms with Crippen molar-refractivity contribution in [1.29, 1.82) is 0 Å². The molecule has 20 heavy (non-hydrogen) atoms. The third-order valence-electron chi connectivity index (χ3n) is 4.08. The molecule has 1 aliphatic heterocycles. The molecule has 0 aromatic heterocycles. The Morgan fingerprint density at radius 2 is 2.30 bits per heavy atom. The molecule has 1 unspecified atom stereocenters. The van der Waals surface area contributed by atoms with Gasteiger partial charge in [0.25, 0.3) is 0 Å². The maximum absolute atomic E-state index is 11.9. The average Bonchev–Trinajstić information content (AvgIpc) is 2.85. The number of carbonyl (C=O) groups is 1. The average molecular weight is 275 g/mol. The van der Waals surface area contributed by atoms with Crippen molar-refractivity contribution in [3.8, 4) is 0 Å². The molecule has 0 saturated carbocycles. The minimum Gasteiger partial charge on any atom is -0.399 e. The van der Waals surface area contributed by atoms with Gasteiger partial charge in [-0.3, -0.25) is 4.79 Å². The van der Waals surface area contributed by atoms with Crippen LogP contribution in [0.5, 0.6) is 0 Å². The largest absolute Gasteiger partial charge is 0.399 e. The minimum atomic E-state index is 0.0589. The van der Waals surface area contributed by atoms with Gasteiger partial charge in [0.15, 0.2) is 0 Å². The number of hydrogen-bond donors (Lipinski definition) is 2. The van der Waals surface area contributed by atoms with E-state index in [0.29, 0.717) is 12.1 Å². The first-order valence-corrected chi connectivity index (χ1v) is 7.42.